The predicted octanol–water partition coefficient (Wildman–Crippen LogP) is 3.52. The van der Waals surface area contributed by atoms with Crippen LogP contribution in [0, 0.1) is 0 Å². The monoisotopic (exact) mass is 357 g/mol. The van der Waals surface area contributed by atoms with Crippen molar-refractivity contribution in [3.8, 4) is 17.4 Å². The van der Waals surface area contributed by atoms with Gasteiger partial charge in [-0.3, -0.25) is 0 Å². The number of nitrogens with zero attached hydrogens (tertiary/aromatic N) is 3. The SMILES string of the molecule is COc1ccc(CNc2nccc(Oc3cnc(N)cn3)c2Cl)cc1. The number of aromatic nitrogens is 3. The molecule has 2 heterocycles. The number of methoxy groups -OCH3 is 1. The number of nitrogens with one attached hydrogen (secondary N) is 1. The summed E-state index contributed by atoms with van der Waals surface area (Å²) in [6, 6.07) is 9.36. The van der Waals surface area contributed by atoms with E-state index in [0.29, 0.717) is 34.8 Å². The number of halogens is 1. The second-order valence-corrected chi connectivity index (χ2v) is 5.43. The standard InChI is InChI=1S/C17H16ClN5O2/c1-24-12-4-2-11(3-5-12)8-23-17-16(18)13(6-7-20-17)25-15-10-21-14(19)9-22-15/h2-7,9-10H,8H2,1H3,(H2,19,21)(H,20,23). The molecule has 0 saturated heterocycles. The highest BCUT2D eigenvalue weighted by Crippen LogP contribution is 2.33. The number of nitrogens with two attached hydrogens (primary N) is 1. The molecule has 0 fully saturated rings. The van der Waals surface area contributed by atoms with E-state index in [0.717, 1.165) is 11.3 Å². The van der Waals surface area contributed by atoms with E-state index in [1.807, 2.05) is 24.3 Å². The van der Waals surface area contributed by atoms with Gasteiger partial charge in [0.1, 0.15) is 22.4 Å². The third-order valence-corrected chi connectivity index (χ3v) is 3.70. The summed E-state index contributed by atoms with van der Waals surface area (Å²) in [6.45, 7) is 0.557. The van der Waals surface area contributed by atoms with Crippen molar-refractivity contribution in [2.75, 3.05) is 18.2 Å². The minimum Gasteiger partial charge on any atom is -0.497 e. The number of pyridine rings is 1. The van der Waals surface area contributed by atoms with Gasteiger partial charge in [-0.25, -0.2) is 15.0 Å². The number of hydrogen-bond donors (Lipinski definition) is 2. The number of ether oxygens (including phenoxy) is 2. The lowest BCUT2D eigenvalue weighted by Gasteiger charge is -2.11. The van der Waals surface area contributed by atoms with Crippen LogP contribution in [0.4, 0.5) is 11.6 Å². The van der Waals surface area contributed by atoms with Crippen molar-refractivity contribution < 1.29 is 9.47 Å². The molecule has 0 atom stereocenters. The van der Waals surface area contributed by atoms with Crippen molar-refractivity contribution in [3.05, 3.63) is 59.5 Å². The smallest absolute Gasteiger partial charge is 0.238 e. The second-order valence-electron chi connectivity index (χ2n) is 5.05. The topological polar surface area (TPSA) is 95.2 Å². The van der Waals surface area contributed by atoms with Crippen LogP contribution in [0.25, 0.3) is 0 Å². The lowest BCUT2D eigenvalue weighted by molar-refractivity contribution is 0.414. The van der Waals surface area contributed by atoms with Crippen LogP contribution in [0.2, 0.25) is 5.02 Å². The molecule has 3 aromatic rings. The third-order valence-electron chi connectivity index (χ3n) is 3.34. The molecular formula is C17H16ClN5O2. The molecule has 0 aliphatic carbocycles. The van der Waals surface area contributed by atoms with Crippen molar-refractivity contribution in [3.63, 3.8) is 0 Å². The van der Waals surface area contributed by atoms with Gasteiger partial charge in [0.15, 0.2) is 5.75 Å². The van der Waals surface area contributed by atoms with Crippen LogP contribution in [0.5, 0.6) is 17.4 Å². The van der Waals surface area contributed by atoms with E-state index in [4.69, 9.17) is 26.8 Å². The Balaban J connectivity index is 1.70. The van der Waals surface area contributed by atoms with Gasteiger partial charge in [0.25, 0.3) is 0 Å². The van der Waals surface area contributed by atoms with Crippen LogP contribution in [0.3, 0.4) is 0 Å². The van der Waals surface area contributed by atoms with Crippen LogP contribution in [-0.4, -0.2) is 22.1 Å². The summed E-state index contributed by atoms with van der Waals surface area (Å²) in [7, 11) is 1.63. The molecule has 3 N–H and O–H groups in total. The Morgan fingerprint density at radius 2 is 1.88 bits per heavy atom. The maximum Gasteiger partial charge on any atom is 0.238 e. The molecule has 0 aliphatic rings. The lowest BCUT2D eigenvalue weighted by atomic mass is 10.2. The van der Waals surface area contributed by atoms with Crippen LogP contribution in [0.15, 0.2) is 48.9 Å². The zero-order valence-corrected chi connectivity index (χ0v) is 14.2. The zero-order chi connectivity index (χ0) is 17.6. The van der Waals surface area contributed by atoms with Gasteiger partial charge in [0, 0.05) is 18.8 Å². The summed E-state index contributed by atoms with van der Waals surface area (Å²) in [5.41, 5.74) is 6.57. The van der Waals surface area contributed by atoms with E-state index in [-0.39, 0.29) is 0 Å². The van der Waals surface area contributed by atoms with Gasteiger partial charge in [-0.1, -0.05) is 23.7 Å². The number of nitrogen functional groups attached to an aromatic ring is 1. The van der Waals surface area contributed by atoms with Crippen molar-refractivity contribution >= 4 is 23.2 Å². The molecule has 0 amide bonds. The Kier molecular flexibility index (Phi) is 5.15. The van der Waals surface area contributed by atoms with Crippen LogP contribution < -0.4 is 20.5 Å². The second kappa shape index (κ2) is 7.67. The molecule has 0 saturated carbocycles. The van der Waals surface area contributed by atoms with Crippen molar-refractivity contribution in [1.82, 2.24) is 15.0 Å². The van der Waals surface area contributed by atoms with E-state index < -0.39 is 0 Å². The average Bonchev–Trinajstić information content (AvgIpc) is 2.64. The summed E-state index contributed by atoms with van der Waals surface area (Å²) in [5, 5.41) is 3.54. The van der Waals surface area contributed by atoms with Gasteiger partial charge in [-0.15, -0.1) is 0 Å². The first kappa shape index (κ1) is 16.8. The quantitative estimate of drug-likeness (QED) is 0.696. The summed E-state index contributed by atoms with van der Waals surface area (Å²) in [4.78, 5) is 12.2. The fraction of sp³-hybridized carbons (Fsp3) is 0.118. The van der Waals surface area contributed by atoms with E-state index in [1.165, 1.54) is 12.4 Å². The van der Waals surface area contributed by atoms with Gasteiger partial charge >= 0.3 is 0 Å². The van der Waals surface area contributed by atoms with Gasteiger partial charge in [0.2, 0.25) is 5.88 Å². The molecule has 25 heavy (non-hydrogen) atoms. The molecule has 7 nitrogen and oxygen atoms in total. The van der Waals surface area contributed by atoms with Crippen molar-refractivity contribution in [2.45, 2.75) is 6.54 Å². The van der Waals surface area contributed by atoms with Crippen LogP contribution in [-0.2, 0) is 6.54 Å². The van der Waals surface area contributed by atoms with Gasteiger partial charge in [-0.05, 0) is 17.7 Å². The maximum atomic E-state index is 6.36. The molecule has 0 aliphatic heterocycles. The Morgan fingerprint density at radius 3 is 2.56 bits per heavy atom. The van der Waals surface area contributed by atoms with Crippen molar-refractivity contribution in [1.29, 1.82) is 0 Å². The van der Waals surface area contributed by atoms with Crippen LogP contribution >= 0.6 is 11.6 Å². The van der Waals surface area contributed by atoms with Gasteiger partial charge in [0.05, 0.1) is 19.5 Å². The largest absolute Gasteiger partial charge is 0.497 e. The summed E-state index contributed by atoms with van der Waals surface area (Å²) in [6.07, 6.45) is 4.44. The number of hydrogen-bond acceptors (Lipinski definition) is 7. The first-order valence-electron chi connectivity index (χ1n) is 7.42. The average molecular weight is 358 g/mol. The predicted molar refractivity (Wildman–Crippen MR) is 96.1 cm³/mol. The summed E-state index contributed by atoms with van der Waals surface area (Å²) < 4.78 is 10.8. The third kappa shape index (κ3) is 4.27. The van der Waals surface area contributed by atoms with E-state index in [1.54, 1.807) is 19.4 Å². The Bertz CT molecular complexity index is 841. The minimum atomic E-state index is 0.295. The number of rotatable bonds is 6. The molecule has 0 unspecified atom stereocenters. The summed E-state index contributed by atoms with van der Waals surface area (Å²) in [5.74, 6) is 2.35. The Hall–Kier alpha value is -3.06. The lowest BCUT2D eigenvalue weighted by Crippen LogP contribution is -2.03. The Morgan fingerprint density at radius 1 is 1.08 bits per heavy atom. The number of anilines is 2. The summed E-state index contributed by atoms with van der Waals surface area (Å²) >= 11 is 6.36. The van der Waals surface area contributed by atoms with Gasteiger partial charge < -0.3 is 20.5 Å². The molecule has 0 spiro atoms. The molecule has 0 bridgehead atoms. The molecule has 128 valence electrons. The van der Waals surface area contributed by atoms with Crippen LogP contribution in [0.1, 0.15) is 5.56 Å². The highest BCUT2D eigenvalue weighted by molar-refractivity contribution is 6.34. The fourth-order valence-corrected chi connectivity index (χ4v) is 2.27. The molecule has 0 radical (unpaired) electrons. The fourth-order valence-electron chi connectivity index (χ4n) is 2.05. The zero-order valence-electron chi connectivity index (χ0n) is 13.4. The van der Waals surface area contributed by atoms with Crippen molar-refractivity contribution in [2.24, 2.45) is 0 Å². The first-order valence-corrected chi connectivity index (χ1v) is 7.80. The molecule has 2 aromatic heterocycles. The minimum absolute atomic E-state index is 0.295. The normalized spacial score (nSPS) is 10.3. The highest BCUT2D eigenvalue weighted by atomic mass is 35.5. The number of benzene rings is 1. The van der Waals surface area contributed by atoms with Gasteiger partial charge in [-0.2, -0.15) is 0 Å². The van der Waals surface area contributed by atoms with E-state index in [2.05, 4.69) is 20.3 Å². The Labute approximate surface area is 149 Å². The van der Waals surface area contributed by atoms with E-state index in [9.17, 15) is 0 Å². The molecular weight excluding hydrogens is 342 g/mol. The molecule has 1 aromatic carbocycles. The molecule has 8 heteroatoms. The maximum absolute atomic E-state index is 6.36. The first-order chi connectivity index (χ1) is 12.2. The molecule has 3 rings (SSSR count). The van der Waals surface area contributed by atoms with E-state index >= 15 is 0 Å². The highest BCUT2D eigenvalue weighted by Gasteiger charge is 2.10.